The molecule has 2 aromatic heterocycles. The molecule has 1 saturated heterocycles. The van der Waals surface area contributed by atoms with Gasteiger partial charge in [0.1, 0.15) is 5.82 Å². The minimum Gasteiger partial charge on any atom is -0.476 e. The highest BCUT2D eigenvalue weighted by atomic mass is 16.4. The van der Waals surface area contributed by atoms with Crippen molar-refractivity contribution in [3.8, 4) is 11.3 Å². The number of aromatic carboxylic acids is 1. The number of rotatable bonds is 3. The molecule has 1 aliphatic rings. The molecule has 0 aliphatic carbocycles. The third-order valence-electron chi connectivity index (χ3n) is 3.88. The van der Waals surface area contributed by atoms with Crippen LogP contribution in [0.15, 0.2) is 42.5 Å². The Balaban J connectivity index is 1.96. The standard InChI is InChI=1S/C16H14N4O2/c21-16(22)12-9-15-17-14(19-7-4-8-19)10-13(20(15)18-12)11-5-2-1-3-6-11/h1-3,5-6,9-10H,4,7-8H2,(H,21,22). The maximum atomic E-state index is 11.2. The van der Waals surface area contributed by atoms with E-state index in [0.29, 0.717) is 5.65 Å². The summed E-state index contributed by atoms with van der Waals surface area (Å²) in [5.41, 5.74) is 2.39. The molecular formula is C16H14N4O2. The summed E-state index contributed by atoms with van der Waals surface area (Å²) in [6.07, 6.45) is 1.16. The molecule has 0 unspecified atom stereocenters. The maximum absolute atomic E-state index is 11.2. The van der Waals surface area contributed by atoms with Gasteiger partial charge in [0.2, 0.25) is 0 Å². The molecule has 1 N–H and O–H groups in total. The number of carbonyl (C=O) groups is 1. The lowest BCUT2D eigenvalue weighted by Gasteiger charge is -2.32. The molecule has 0 spiro atoms. The van der Waals surface area contributed by atoms with Crippen LogP contribution in [0, 0.1) is 0 Å². The van der Waals surface area contributed by atoms with Crippen molar-refractivity contribution in [3.05, 3.63) is 48.2 Å². The fraction of sp³-hybridized carbons (Fsp3) is 0.188. The van der Waals surface area contributed by atoms with Gasteiger partial charge in [-0.1, -0.05) is 30.3 Å². The van der Waals surface area contributed by atoms with Crippen molar-refractivity contribution in [3.63, 3.8) is 0 Å². The highest BCUT2D eigenvalue weighted by molar-refractivity contribution is 5.87. The van der Waals surface area contributed by atoms with E-state index in [2.05, 4.69) is 15.0 Å². The zero-order valence-corrected chi connectivity index (χ0v) is 11.8. The van der Waals surface area contributed by atoms with Crippen molar-refractivity contribution in [2.45, 2.75) is 6.42 Å². The molecule has 6 nitrogen and oxygen atoms in total. The summed E-state index contributed by atoms with van der Waals surface area (Å²) in [4.78, 5) is 17.9. The molecule has 0 radical (unpaired) electrons. The van der Waals surface area contributed by atoms with E-state index < -0.39 is 5.97 Å². The largest absolute Gasteiger partial charge is 0.476 e. The zero-order chi connectivity index (χ0) is 15.1. The lowest BCUT2D eigenvalue weighted by molar-refractivity contribution is 0.0690. The van der Waals surface area contributed by atoms with Gasteiger partial charge in [0, 0.05) is 30.8 Å². The third-order valence-corrected chi connectivity index (χ3v) is 3.88. The highest BCUT2D eigenvalue weighted by Gasteiger charge is 2.20. The van der Waals surface area contributed by atoms with Gasteiger partial charge in [0.25, 0.3) is 0 Å². The van der Waals surface area contributed by atoms with Crippen LogP contribution in [0.4, 0.5) is 5.82 Å². The fourth-order valence-corrected chi connectivity index (χ4v) is 2.59. The third kappa shape index (κ3) is 2.00. The summed E-state index contributed by atoms with van der Waals surface area (Å²) in [5.74, 6) is -0.176. The first-order valence-corrected chi connectivity index (χ1v) is 7.17. The van der Waals surface area contributed by atoms with Crippen LogP contribution in [-0.2, 0) is 0 Å². The number of carboxylic acids is 1. The Kier molecular flexibility index (Phi) is 2.82. The van der Waals surface area contributed by atoms with Gasteiger partial charge in [0.05, 0.1) is 5.69 Å². The molecule has 1 aromatic carbocycles. The van der Waals surface area contributed by atoms with Crippen LogP contribution < -0.4 is 4.90 Å². The minimum absolute atomic E-state index is 0.00504. The second-order valence-electron chi connectivity index (χ2n) is 5.31. The molecular weight excluding hydrogens is 280 g/mol. The highest BCUT2D eigenvalue weighted by Crippen LogP contribution is 2.27. The van der Waals surface area contributed by atoms with E-state index in [4.69, 9.17) is 5.11 Å². The number of carboxylic acid groups (broad SMARTS) is 1. The summed E-state index contributed by atoms with van der Waals surface area (Å²) in [5, 5.41) is 13.3. The van der Waals surface area contributed by atoms with E-state index in [1.165, 1.54) is 6.07 Å². The SMILES string of the molecule is O=C(O)c1cc2nc(N3CCC3)cc(-c3ccccc3)n2n1. The van der Waals surface area contributed by atoms with Crippen molar-refractivity contribution in [1.29, 1.82) is 0 Å². The molecule has 3 heterocycles. The number of hydrogen-bond acceptors (Lipinski definition) is 4. The van der Waals surface area contributed by atoms with Crippen molar-refractivity contribution >= 4 is 17.4 Å². The normalized spacial score (nSPS) is 14.1. The van der Waals surface area contributed by atoms with Gasteiger partial charge in [-0.15, -0.1) is 0 Å². The van der Waals surface area contributed by atoms with Gasteiger partial charge in [0.15, 0.2) is 11.3 Å². The predicted molar refractivity (Wildman–Crippen MR) is 82.2 cm³/mol. The molecule has 1 aliphatic heterocycles. The molecule has 0 bridgehead atoms. The topological polar surface area (TPSA) is 70.7 Å². The Hall–Kier alpha value is -2.89. The molecule has 110 valence electrons. The molecule has 6 heteroatoms. The van der Waals surface area contributed by atoms with Crippen LogP contribution in [0.1, 0.15) is 16.9 Å². The van der Waals surface area contributed by atoms with E-state index in [9.17, 15) is 4.79 Å². The van der Waals surface area contributed by atoms with Crippen LogP contribution in [0.3, 0.4) is 0 Å². The summed E-state index contributed by atoms with van der Waals surface area (Å²) in [7, 11) is 0. The zero-order valence-electron chi connectivity index (χ0n) is 11.8. The van der Waals surface area contributed by atoms with Crippen molar-refractivity contribution < 1.29 is 9.90 Å². The molecule has 0 saturated carbocycles. The summed E-state index contributed by atoms with van der Waals surface area (Å²) < 4.78 is 1.60. The van der Waals surface area contributed by atoms with Gasteiger partial charge in [-0.25, -0.2) is 14.3 Å². The van der Waals surface area contributed by atoms with Gasteiger partial charge in [-0.3, -0.25) is 0 Å². The van der Waals surface area contributed by atoms with Gasteiger partial charge >= 0.3 is 5.97 Å². The maximum Gasteiger partial charge on any atom is 0.356 e. The van der Waals surface area contributed by atoms with Gasteiger partial charge < -0.3 is 10.0 Å². The lowest BCUT2D eigenvalue weighted by atomic mass is 10.1. The van der Waals surface area contributed by atoms with Crippen molar-refractivity contribution in [1.82, 2.24) is 14.6 Å². The quantitative estimate of drug-likeness (QED) is 0.802. The fourth-order valence-electron chi connectivity index (χ4n) is 2.59. The van der Waals surface area contributed by atoms with Crippen molar-refractivity contribution in [2.75, 3.05) is 18.0 Å². The van der Waals surface area contributed by atoms with Gasteiger partial charge in [-0.2, -0.15) is 5.10 Å². The van der Waals surface area contributed by atoms with Gasteiger partial charge in [-0.05, 0) is 6.42 Å². The number of fused-ring (bicyclic) bond motifs is 1. The first kappa shape index (κ1) is 12.8. The molecule has 22 heavy (non-hydrogen) atoms. The Morgan fingerprint density at radius 1 is 1.14 bits per heavy atom. The Morgan fingerprint density at radius 3 is 2.55 bits per heavy atom. The molecule has 0 amide bonds. The molecule has 1 fully saturated rings. The minimum atomic E-state index is -1.05. The average Bonchev–Trinajstić information content (AvgIpc) is 2.90. The van der Waals surface area contributed by atoms with Crippen LogP contribution >= 0.6 is 0 Å². The second kappa shape index (κ2) is 4.84. The number of aromatic nitrogens is 3. The smallest absolute Gasteiger partial charge is 0.356 e. The van der Waals surface area contributed by atoms with Crippen LogP contribution in [0.25, 0.3) is 16.9 Å². The number of nitrogens with zero attached hydrogens (tertiary/aromatic N) is 4. The Labute approximate surface area is 126 Å². The first-order valence-electron chi connectivity index (χ1n) is 7.17. The predicted octanol–water partition coefficient (Wildman–Crippen LogP) is 2.30. The Bertz CT molecular complexity index is 853. The number of benzene rings is 1. The molecule has 3 aromatic rings. The average molecular weight is 294 g/mol. The summed E-state index contributed by atoms with van der Waals surface area (Å²) in [6, 6.07) is 13.3. The molecule has 0 atom stereocenters. The second-order valence-corrected chi connectivity index (χ2v) is 5.31. The van der Waals surface area contributed by atoms with E-state index in [0.717, 1.165) is 36.6 Å². The summed E-state index contributed by atoms with van der Waals surface area (Å²) >= 11 is 0. The molecule has 4 rings (SSSR count). The van der Waals surface area contributed by atoms with E-state index >= 15 is 0 Å². The monoisotopic (exact) mass is 294 g/mol. The first-order chi connectivity index (χ1) is 10.7. The van der Waals surface area contributed by atoms with E-state index in [-0.39, 0.29) is 5.69 Å². The number of anilines is 1. The van der Waals surface area contributed by atoms with E-state index in [1.807, 2.05) is 36.4 Å². The van der Waals surface area contributed by atoms with Crippen molar-refractivity contribution in [2.24, 2.45) is 0 Å². The lowest BCUT2D eigenvalue weighted by Crippen LogP contribution is -2.37. The van der Waals surface area contributed by atoms with Crippen LogP contribution in [0.5, 0.6) is 0 Å². The number of hydrogen-bond donors (Lipinski definition) is 1. The Morgan fingerprint density at radius 2 is 1.91 bits per heavy atom. The summed E-state index contributed by atoms with van der Waals surface area (Å²) in [6.45, 7) is 1.97. The van der Waals surface area contributed by atoms with Crippen LogP contribution in [0.2, 0.25) is 0 Å². The van der Waals surface area contributed by atoms with E-state index in [1.54, 1.807) is 4.52 Å². The van der Waals surface area contributed by atoms with Crippen LogP contribution in [-0.4, -0.2) is 38.8 Å².